The molecule has 1 aliphatic rings. The topological polar surface area (TPSA) is 105 Å². The van der Waals surface area contributed by atoms with Gasteiger partial charge in [0.15, 0.2) is 0 Å². The van der Waals surface area contributed by atoms with Crippen LogP contribution in [0.4, 0.5) is 4.79 Å². The lowest BCUT2D eigenvalue weighted by Gasteiger charge is -2.17. The molecule has 0 spiro atoms. The van der Waals surface area contributed by atoms with Crippen molar-refractivity contribution >= 4 is 18.0 Å². The maximum Gasteiger partial charge on any atom is 0.407 e. The van der Waals surface area contributed by atoms with Gasteiger partial charge in [0.25, 0.3) is 0 Å². The van der Waals surface area contributed by atoms with Crippen molar-refractivity contribution in [1.82, 2.24) is 10.6 Å². The zero-order valence-corrected chi connectivity index (χ0v) is 17.6. The first-order valence-electron chi connectivity index (χ1n) is 10.6. The van der Waals surface area contributed by atoms with Crippen molar-refractivity contribution in [3.8, 4) is 11.1 Å². The normalized spacial score (nSPS) is 13.1. The number of fused-ring (bicyclic) bond motifs is 3. The van der Waals surface area contributed by atoms with Gasteiger partial charge in [0, 0.05) is 18.9 Å². The predicted molar refractivity (Wildman–Crippen MR) is 117 cm³/mol. The predicted octanol–water partition coefficient (Wildman–Crippen LogP) is 3.67. The monoisotopic (exact) mass is 424 g/mol. The Morgan fingerprint density at radius 3 is 2.19 bits per heavy atom. The summed E-state index contributed by atoms with van der Waals surface area (Å²) in [6.45, 7) is 2.40. The van der Waals surface area contributed by atoms with E-state index in [4.69, 9.17) is 4.74 Å². The Labute approximate surface area is 181 Å². The van der Waals surface area contributed by atoms with Crippen molar-refractivity contribution in [1.29, 1.82) is 0 Å². The molecular formula is C24H28N2O5. The molecule has 2 aromatic rings. The van der Waals surface area contributed by atoms with Crippen LogP contribution in [0.1, 0.15) is 49.7 Å². The summed E-state index contributed by atoms with van der Waals surface area (Å²) in [6, 6.07) is 15.0. The van der Waals surface area contributed by atoms with Gasteiger partial charge in [-0.25, -0.2) is 9.59 Å². The number of ether oxygens (including phenoxy) is 1. The van der Waals surface area contributed by atoms with Crippen molar-refractivity contribution in [3.63, 3.8) is 0 Å². The van der Waals surface area contributed by atoms with E-state index in [9.17, 15) is 19.5 Å². The van der Waals surface area contributed by atoms with E-state index >= 15 is 0 Å². The molecule has 164 valence electrons. The number of carbonyl (C=O) groups is 3. The molecule has 0 saturated heterocycles. The van der Waals surface area contributed by atoms with E-state index in [0.29, 0.717) is 25.8 Å². The molecule has 0 heterocycles. The summed E-state index contributed by atoms with van der Waals surface area (Å²) in [6.07, 6.45) is 1.14. The molecule has 2 amide bonds. The minimum absolute atomic E-state index is 0.0356. The second-order valence-corrected chi connectivity index (χ2v) is 7.56. The molecule has 7 heteroatoms. The summed E-state index contributed by atoms with van der Waals surface area (Å²) in [5.41, 5.74) is 4.46. The van der Waals surface area contributed by atoms with E-state index in [0.717, 1.165) is 22.3 Å². The summed E-state index contributed by atoms with van der Waals surface area (Å²) in [4.78, 5) is 35.0. The zero-order valence-electron chi connectivity index (χ0n) is 17.6. The van der Waals surface area contributed by atoms with Crippen LogP contribution < -0.4 is 10.6 Å². The van der Waals surface area contributed by atoms with Crippen LogP contribution in [0.5, 0.6) is 0 Å². The zero-order chi connectivity index (χ0) is 22.2. The molecule has 3 rings (SSSR count). The molecule has 0 bridgehead atoms. The minimum Gasteiger partial charge on any atom is -0.480 e. The van der Waals surface area contributed by atoms with Gasteiger partial charge >= 0.3 is 12.1 Å². The Morgan fingerprint density at radius 1 is 1.00 bits per heavy atom. The molecule has 2 aromatic carbocycles. The highest BCUT2D eigenvalue weighted by Crippen LogP contribution is 2.44. The standard InChI is InChI=1S/C24H28N2O5/c1-2-22(27)25-14-8-7-13-21(23(28)29)26-24(30)31-15-20-18-11-5-3-9-16(18)17-10-4-6-12-19(17)20/h3-6,9-12,20-21H,2,7-8,13-15H2,1H3,(H,25,27)(H,26,30)(H,28,29). The first-order chi connectivity index (χ1) is 15.0. The number of amides is 2. The van der Waals surface area contributed by atoms with Crippen molar-refractivity contribution in [3.05, 3.63) is 59.7 Å². The number of benzene rings is 2. The number of aliphatic carboxylic acids is 1. The number of hydrogen-bond donors (Lipinski definition) is 3. The molecule has 1 atom stereocenters. The number of rotatable bonds is 10. The van der Waals surface area contributed by atoms with Crippen LogP contribution in [-0.2, 0) is 14.3 Å². The van der Waals surface area contributed by atoms with Crippen LogP contribution in [0.2, 0.25) is 0 Å². The second-order valence-electron chi connectivity index (χ2n) is 7.56. The summed E-state index contributed by atoms with van der Waals surface area (Å²) in [5, 5.41) is 14.6. The fourth-order valence-corrected chi connectivity index (χ4v) is 3.87. The van der Waals surface area contributed by atoms with Crippen LogP contribution in [-0.4, -0.2) is 42.3 Å². The Kier molecular flexibility index (Phi) is 7.65. The third-order valence-corrected chi connectivity index (χ3v) is 5.50. The van der Waals surface area contributed by atoms with Crippen LogP contribution in [0.15, 0.2) is 48.5 Å². The van der Waals surface area contributed by atoms with Crippen LogP contribution in [0.25, 0.3) is 11.1 Å². The number of carboxylic acids is 1. The maximum atomic E-state index is 12.3. The van der Waals surface area contributed by atoms with Gasteiger partial charge in [-0.05, 0) is 41.5 Å². The molecule has 31 heavy (non-hydrogen) atoms. The van der Waals surface area contributed by atoms with Gasteiger partial charge in [-0.2, -0.15) is 0 Å². The highest BCUT2D eigenvalue weighted by molar-refractivity contribution is 5.81. The maximum absolute atomic E-state index is 12.3. The minimum atomic E-state index is -1.11. The average Bonchev–Trinajstić information content (AvgIpc) is 3.10. The Balaban J connectivity index is 1.52. The molecule has 0 aliphatic heterocycles. The van der Waals surface area contributed by atoms with Crippen molar-refractivity contribution < 1.29 is 24.2 Å². The first kappa shape index (κ1) is 22.3. The number of alkyl carbamates (subject to hydrolysis) is 1. The molecular weight excluding hydrogens is 396 g/mol. The Morgan fingerprint density at radius 2 is 1.61 bits per heavy atom. The highest BCUT2D eigenvalue weighted by Gasteiger charge is 2.29. The molecule has 0 saturated carbocycles. The van der Waals surface area contributed by atoms with Crippen LogP contribution in [0.3, 0.4) is 0 Å². The van der Waals surface area contributed by atoms with Gasteiger partial charge in [0.1, 0.15) is 12.6 Å². The molecule has 0 aromatic heterocycles. The number of carboxylic acid groups (broad SMARTS) is 1. The number of nitrogens with one attached hydrogen (secondary N) is 2. The molecule has 7 nitrogen and oxygen atoms in total. The van der Waals surface area contributed by atoms with Crippen molar-refractivity contribution in [2.24, 2.45) is 0 Å². The highest BCUT2D eigenvalue weighted by atomic mass is 16.5. The van der Waals surface area contributed by atoms with Gasteiger partial charge in [-0.15, -0.1) is 0 Å². The van der Waals surface area contributed by atoms with Crippen molar-refractivity contribution in [2.75, 3.05) is 13.2 Å². The SMILES string of the molecule is CCC(=O)NCCCCC(NC(=O)OCC1c2ccccc2-c2ccccc21)C(=O)O. The lowest BCUT2D eigenvalue weighted by Crippen LogP contribution is -2.41. The van der Waals surface area contributed by atoms with Gasteiger partial charge in [-0.1, -0.05) is 55.5 Å². The smallest absolute Gasteiger partial charge is 0.407 e. The number of unbranched alkanes of at least 4 members (excludes halogenated alkanes) is 1. The quantitative estimate of drug-likeness (QED) is 0.505. The van der Waals surface area contributed by atoms with E-state index in [2.05, 4.69) is 22.8 Å². The first-order valence-corrected chi connectivity index (χ1v) is 10.6. The van der Waals surface area contributed by atoms with Gasteiger partial charge in [-0.3, -0.25) is 4.79 Å². The largest absolute Gasteiger partial charge is 0.480 e. The molecule has 1 aliphatic carbocycles. The molecule has 0 fully saturated rings. The molecule has 0 radical (unpaired) electrons. The van der Waals surface area contributed by atoms with E-state index in [1.807, 2.05) is 36.4 Å². The Hall–Kier alpha value is -3.35. The average molecular weight is 424 g/mol. The van der Waals surface area contributed by atoms with E-state index in [-0.39, 0.29) is 24.9 Å². The van der Waals surface area contributed by atoms with E-state index in [1.54, 1.807) is 6.92 Å². The number of carbonyl (C=O) groups excluding carboxylic acids is 2. The lowest BCUT2D eigenvalue weighted by molar-refractivity contribution is -0.139. The fraction of sp³-hybridized carbons (Fsp3) is 0.375. The van der Waals surface area contributed by atoms with Gasteiger partial charge in [0.05, 0.1) is 0 Å². The number of hydrogen-bond acceptors (Lipinski definition) is 4. The van der Waals surface area contributed by atoms with Gasteiger partial charge in [0.2, 0.25) is 5.91 Å². The third-order valence-electron chi connectivity index (χ3n) is 5.50. The summed E-state index contributed by atoms with van der Waals surface area (Å²) in [7, 11) is 0. The lowest BCUT2D eigenvalue weighted by atomic mass is 9.98. The van der Waals surface area contributed by atoms with Crippen LogP contribution in [0, 0.1) is 0 Å². The van der Waals surface area contributed by atoms with Gasteiger partial charge < -0.3 is 20.5 Å². The van der Waals surface area contributed by atoms with Crippen LogP contribution >= 0.6 is 0 Å². The second kappa shape index (κ2) is 10.6. The Bertz CT molecular complexity index is 898. The summed E-state index contributed by atoms with van der Waals surface area (Å²) < 4.78 is 5.42. The summed E-state index contributed by atoms with van der Waals surface area (Å²) in [5.74, 6) is -1.22. The molecule has 1 unspecified atom stereocenters. The van der Waals surface area contributed by atoms with E-state index < -0.39 is 18.1 Å². The van der Waals surface area contributed by atoms with E-state index in [1.165, 1.54) is 0 Å². The fourth-order valence-electron chi connectivity index (χ4n) is 3.87. The third kappa shape index (κ3) is 5.63. The van der Waals surface area contributed by atoms with Crippen molar-refractivity contribution in [2.45, 2.75) is 44.6 Å². The molecule has 3 N–H and O–H groups in total. The summed E-state index contributed by atoms with van der Waals surface area (Å²) >= 11 is 0.